The SMILES string of the molecule is CCCC(=O)Nc1cc(O)cc(C(=O)O)c1. The molecule has 1 rings (SSSR count). The maximum Gasteiger partial charge on any atom is 0.335 e. The van der Waals surface area contributed by atoms with E-state index in [-0.39, 0.29) is 22.9 Å². The zero-order chi connectivity index (χ0) is 12.1. The van der Waals surface area contributed by atoms with E-state index in [0.717, 1.165) is 6.07 Å². The highest BCUT2D eigenvalue weighted by molar-refractivity contribution is 5.94. The summed E-state index contributed by atoms with van der Waals surface area (Å²) in [6.07, 6.45) is 1.06. The number of aromatic hydroxyl groups is 1. The summed E-state index contributed by atoms with van der Waals surface area (Å²) < 4.78 is 0. The van der Waals surface area contributed by atoms with Gasteiger partial charge in [-0.05, 0) is 18.6 Å². The van der Waals surface area contributed by atoms with Gasteiger partial charge in [0.2, 0.25) is 5.91 Å². The number of aromatic carboxylic acids is 1. The minimum Gasteiger partial charge on any atom is -0.508 e. The van der Waals surface area contributed by atoms with Crippen LogP contribution in [-0.4, -0.2) is 22.1 Å². The molecule has 0 radical (unpaired) electrons. The minimum atomic E-state index is -1.15. The molecule has 1 aromatic rings. The van der Waals surface area contributed by atoms with Crippen LogP contribution in [0.3, 0.4) is 0 Å². The van der Waals surface area contributed by atoms with E-state index in [2.05, 4.69) is 5.32 Å². The van der Waals surface area contributed by atoms with Gasteiger partial charge in [0.05, 0.1) is 5.56 Å². The normalized spacial score (nSPS) is 9.81. The molecule has 0 aliphatic heterocycles. The van der Waals surface area contributed by atoms with E-state index in [1.807, 2.05) is 6.92 Å². The Labute approximate surface area is 92.7 Å². The average molecular weight is 223 g/mol. The molecular weight excluding hydrogens is 210 g/mol. The summed E-state index contributed by atoms with van der Waals surface area (Å²) in [7, 11) is 0. The Morgan fingerprint density at radius 2 is 2.00 bits per heavy atom. The Morgan fingerprint density at radius 1 is 1.31 bits per heavy atom. The van der Waals surface area contributed by atoms with Gasteiger partial charge in [0.1, 0.15) is 5.75 Å². The Kier molecular flexibility index (Phi) is 3.88. The third-order valence-corrected chi connectivity index (χ3v) is 1.93. The van der Waals surface area contributed by atoms with Gasteiger partial charge in [-0.15, -0.1) is 0 Å². The molecule has 0 unspecified atom stereocenters. The maximum atomic E-state index is 11.3. The Bertz CT molecular complexity index is 414. The van der Waals surface area contributed by atoms with Crippen LogP contribution in [0.25, 0.3) is 0 Å². The van der Waals surface area contributed by atoms with Gasteiger partial charge in [-0.25, -0.2) is 4.79 Å². The lowest BCUT2D eigenvalue weighted by molar-refractivity contribution is -0.116. The van der Waals surface area contributed by atoms with Gasteiger partial charge in [0.15, 0.2) is 0 Å². The quantitative estimate of drug-likeness (QED) is 0.726. The monoisotopic (exact) mass is 223 g/mol. The molecule has 0 aliphatic rings. The fourth-order valence-corrected chi connectivity index (χ4v) is 1.26. The molecule has 5 nitrogen and oxygen atoms in total. The molecule has 16 heavy (non-hydrogen) atoms. The van der Waals surface area contributed by atoms with Gasteiger partial charge in [-0.3, -0.25) is 4.79 Å². The number of hydrogen-bond acceptors (Lipinski definition) is 3. The number of nitrogens with one attached hydrogen (secondary N) is 1. The largest absolute Gasteiger partial charge is 0.508 e. The third kappa shape index (κ3) is 3.27. The van der Waals surface area contributed by atoms with Crippen molar-refractivity contribution < 1.29 is 19.8 Å². The molecule has 0 saturated heterocycles. The molecule has 0 atom stereocenters. The van der Waals surface area contributed by atoms with Crippen molar-refractivity contribution in [2.75, 3.05) is 5.32 Å². The minimum absolute atomic E-state index is 0.0631. The molecule has 0 spiro atoms. The molecule has 0 bridgehead atoms. The number of carbonyl (C=O) groups is 2. The van der Waals surface area contributed by atoms with Gasteiger partial charge < -0.3 is 15.5 Å². The van der Waals surface area contributed by atoms with Crippen LogP contribution < -0.4 is 5.32 Å². The van der Waals surface area contributed by atoms with Crippen LogP contribution in [0, 0.1) is 0 Å². The van der Waals surface area contributed by atoms with Crippen LogP contribution >= 0.6 is 0 Å². The summed E-state index contributed by atoms with van der Waals surface area (Å²) in [6, 6.07) is 3.73. The van der Waals surface area contributed by atoms with Crippen molar-refractivity contribution >= 4 is 17.6 Å². The number of benzene rings is 1. The topological polar surface area (TPSA) is 86.6 Å². The van der Waals surface area contributed by atoms with Crippen LogP contribution in [0.4, 0.5) is 5.69 Å². The first kappa shape index (κ1) is 12.0. The lowest BCUT2D eigenvalue weighted by Gasteiger charge is -2.06. The highest BCUT2D eigenvalue weighted by Crippen LogP contribution is 2.20. The van der Waals surface area contributed by atoms with Gasteiger partial charge in [0, 0.05) is 18.2 Å². The Morgan fingerprint density at radius 3 is 2.56 bits per heavy atom. The van der Waals surface area contributed by atoms with Crippen molar-refractivity contribution in [1.82, 2.24) is 0 Å². The average Bonchev–Trinajstić information content (AvgIpc) is 2.16. The van der Waals surface area contributed by atoms with Gasteiger partial charge in [-0.2, -0.15) is 0 Å². The molecule has 1 amide bonds. The van der Waals surface area contributed by atoms with E-state index >= 15 is 0 Å². The predicted molar refractivity (Wildman–Crippen MR) is 58.6 cm³/mol. The highest BCUT2D eigenvalue weighted by Gasteiger charge is 2.08. The number of amides is 1. The highest BCUT2D eigenvalue weighted by atomic mass is 16.4. The summed E-state index contributed by atoms with van der Waals surface area (Å²) in [5.41, 5.74) is 0.225. The summed E-state index contributed by atoms with van der Waals surface area (Å²) >= 11 is 0. The van der Waals surface area contributed by atoms with Crippen LogP contribution in [-0.2, 0) is 4.79 Å². The van der Waals surface area contributed by atoms with Crippen LogP contribution in [0.2, 0.25) is 0 Å². The van der Waals surface area contributed by atoms with E-state index in [0.29, 0.717) is 12.8 Å². The van der Waals surface area contributed by atoms with E-state index in [9.17, 15) is 14.7 Å². The van der Waals surface area contributed by atoms with Crippen LogP contribution in [0.1, 0.15) is 30.1 Å². The number of anilines is 1. The number of phenols is 1. The number of phenolic OH excluding ortho intramolecular Hbond substituents is 1. The molecule has 0 saturated carbocycles. The van der Waals surface area contributed by atoms with Gasteiger partial charge in [-0.1, -0.05) is 6.92 Å². The van der Waals surface area contributed by atoms with Crippen molar-refractivity contribution in [3.8, 4) is 5.75 Å². The van der Waals surface area contributed by atoms with Crippen molar-refractivity contribution in [3.63, 3.8) is 0 Å². The Hall–Kier alpha value is -2.04. The molecule has 0 fully saturated rings. The first-order chi connectivity index (χ1) is 7.52. The number of rotatable bonds is 4. The fourth-order valence-electron chi connectivity index (χ4n) is 1.26. The zero-order valence-electron chi connectivity index (χ0n) is 8.86. The first-order valence-electron chi connectivity index (χ1n) is 4.90. The molecular formula is C11H13NO4. The van der Waals surface area contributed by atoms with Crippen molar-refractivity contribution in [2.45, 2.75) is 19.8 Å². The molecule has 0 aromatic heterocycles. The smallest absolute Gasteiger partial charge is 0.335 e. The first-order valence-corrected chi connectivity index (χ1v) is 4.90. The van der Waals surface area contributed by atoms with E-state index in [1.54, 1.807) is 0 Å². The molecule has 5 heteroatoms. The number of carbonyl (C=O) groups excluding carboxylic acids is 1. The second-order valence-electron chi connectivity index (χ2n) is 3.37. The van der Waals surface area contributed by atoms with Gasteiger partial charge >= 0.3 is 5.97 Å². The van der Waals surface area contributed by atoms with E-state index in [4.69, 9.17) is 5.11 Å². The number of carboxylic acids is 1. The summed E-state index contributed by atoms with van der Waals surface area (Å²) in [5, 5.41) is 20.5. The summed E-state index contributed by atoms with van der Waals surface area (Å²) in [5.74, 6) is -1.54. The second-order valence-corrected chi connectivity index (χ2v) is 3.37. The third-order valence-electron chi connectivity index (χ3n) is 1.93. The zero-order valence-corrected chi connectivity index (χ0v) is 8.86. The summed E-state index contributed by atoms with van der Waals surface area (Å²) in [6.45, 7) is 1.87. The van der Waals surface area contributed by atoms with E-state index in [1.165, 1.54) is 12.1 Å². The lowest BCUT2D eigenvalue weighted by atomic mass is 10.2. The van der Waals surface area contributed by atoms with Crippen molar-refractivity contribution in [2.24, 2.45) is 0 Å². The van der Waals surface area contributed by atoms with Gasteiger partial charge in [0.25, 0.3) is 0 Å². The maximum absolute atomic E-state index is 11.3. The van der Waals surface area contributed by atoms with Crippen molar-refractivity contribution in [3.05, 3.63) is 23.8 Å². The molecule has 0 heterocycles. The molecule has 1 aromatic carbocycles. The van der Waals surface area contributed by atoms with Crippen LogP contribution in [0.15, 0.2) is 18.2 Å². The van der Waals surface area contributed by atoms with Crippen LogP contribution in [0.5, 0.6) is 5.75 Å². The molecule has 3 N–H and O–H groups in total. The predicted octanol–water partition coefficient (Wildman–Crippen LogP) is 1.83. The second kappa shape index (κ2) is 5.16. The summed E-state index contributed by atoms with van der Waals surface area (Å²) in [4.78, 5) is 22.0. The van der Waals surface area contributed by atoms with Crippen molar-refractivity contribution in [1.29, 1.82) is 0 Å². The van der Waals surface area contributed by atoms with E-state index < -0.39 is 5.97 Å². The fraction of sp³-hybridized carbons (Fsp3) is 0.273. The lowest BCUT2D eigenvalue weighted by Crippen LogP contribution is -2.11. The molecule has 86 valence electrons. The number of hydrogen-bond donors (Lipinski definition) is 3. The number of carboxylic acid groups (broad SMARTS) is 1. The molecule has 0 aliphatic carbocycles. The standard InChI is InChI=1S/C11H13NO4/c1-2-3-10(14)12-8-4-7(11(15)16)5-9(13)6-8/h4-6,13H,2-3H2,1H3,(H,12,14)(H,15,16). The Balaban J connectivity index is 2.88.